The molecule has 20 heavy (non-hydrogen) atoms. The molecule has 0 fully saturated rings. The van der Waals surface area contributed by atoms with Gasteiger partial charge in [0.15, 0.2) is 5.82 Å². The van der Waals surface area contributed by atoms with Crippen molar-refractivity contribution in [3.63, 3.8) is 0 Å². The summed E-state index contributed by atoms with van der Waals surface area (Å²) in [7, 11) is 0. The summed E-state index contributed by atoms with van der Waals surface area (Å²) in [6.45, 7) is 3.89. The molecule has 0 radical (unpaired) electrons. The number of rotatable bonds is 2. The molecule has 0 amide bonds. The largest absolute Gasteiger partial charge is 0.426 e. The van der Waals surface area contributed by atoms with Gasteiger partial charge in [0, 0.05) is 23.5 Å². The van der Waals surface area contributed by atoms with Crippen LogP contribution >= 0.6 is 0 Å². The molecule has 2 aromatic heterocycles. The number of pyridine rings is 1. The van der Waals surface area contributed by atoms with E-state index in [2.05, 4.69) is 9.97 Å². The molecule has 0 bridgehead atoms. The lowest BCUT2D eigenvalue weighted by atomic mass is 10.1. The van der Waals surface area contributed by atoms with Crippen LogP contribution in [-0.4, -0.2) is 19.9 Å². The zero-order valence-electron chi connectivity index (χ0n) is 11.4. The summed E-state index contributed by atoms with van der Waals surface area (Å²) in [6, 6.07) is 11.6. The maximum Gasteiger partial charge on any atom is 0.176 e. The SMILES string of the molecule is Cc1ccccc1-c1nc(C)c(-c2cccnc2)n1O. The molecule has 0 aliphatic rings. The highest BCUT2D eigenvalue weighted by Gasteiger charge is 2.17. The molecule has 2 heterocycles. The number of benzene rings is 1. The van der Waals surface area contributed by atoms with Crippen LogP contribution in [0.25, 0.3) is 22.6 Å². The lowest BCUT2D eigenvalue weighted by molar-refractivity contribution is 0.195. The van der Waals surface area contributed by atoms with Crippen LogP contribution in [0.15, 0.2) is 48.8 Å². The first-order chi connectivity index (χ1) is 9.68. The van der Waals surface area contributed by atoms with Crippen molar-refractivity contribution < 1.29 is 5.21 Å². The van der Waals surface area contributed by atoms with Crippen molar-refractivity contribution in [3.8, 4) is 22.6 Å². The summed E-state index contributed by atoms with van der Waals surface area (Å²) in [5.74, 6) is 0.555. The molecule has 100 valence electrons. The first-order valence-electron chi connectivity index (χ1n) is 6.43. The van der Waals surface area contributed by atoms with Gasteiger partial charge < -0.3 is 5.21 Å². The van der Waals surface area contributed by atoms with Crippen molar-refractivity contribution in [1.29, 1.82) is 0 Å². The quantitative estimate of drug-likeness (QED) is 0.722. The summed E-state index contributed by atoms with van der Waals surface area (Å²) in [5.41, 5.74) is 4.30. The number of aryl methyl sites for hydroxylation is 2. The van der Waals surface area contributed by atoms with E-state index in [1.807, 2.05) is 50.2 Å². The highest BCUT2D eigenvalue weighted by Crippen LogP contribution is 2.29. The topological polar surface area (TPSA) is 50.9 Å². The summed E-state index contributed by atoms with van der Waals surface area (Å²) in [4.78, 5) is 8.59. The van der Waals surface area contributed by atoms with Gasteiger partial charge in [0.25, 0.3) is 0 Å². The molecule has 1 aromatic carbocycles. The molecule has 4 heteroatoms. The fourth-order valence-corrected chi connectivity index (χ4v) is 2.35. The third-order valence-electron chi connectivity index (χ3n) is 3.35. The minimum absolute atomic E-state index is 0.555. The lowest BCUT2D eigenvalue weighted by Gasteiger charge is -2.06. The molecule has 0 aliphatic heterocycles. The van der Waals surface area contributed by atoms with Crippen molar-refractivity contribution in [2.75, 3.05) is 0 Å². The first-order valence-corrected chi connectivity index (χ1v) is 6.43. The van der Waals surface area contributed by atoms with Crippen molar-refractivity contribution in [1.82, 2.24) is 14.7 Å². The number of aromatic nitrogens is 3. The Bertz CT molecular complexity index is 748. The van der Waals surface area contributed by atoms with E-state index in [9.17, 15) is 5.21 Å². The molecule has 0 saturated heterocycles. The third kappa shape index (κ3) is 1.95. The van der Waals surface area contributed by atoms with E-state index >= 15 is 0 Å². The monoisotopic (exact) mass is 265 g/mol. The van der Waals surface area contributed by atoms with Crippen molar-refractivity contribution in [3.05, 3.63) is 60.0 Å². The van der Waals surface area contributed by atoms with Gasteiger partial charge >= 0.3 is 0 Å². The summed E-state index contributed by atoms with van der Waals surface area (Å²) >= 11 is 0. The normalized spacial score (nSPS) is 10.7. The zero-order valence-corrected chi connectivity index (χ0v) is 11.4. The molecule has 4 nitrogen and oxygen atoms in total. The lowest BCUT2D eigenvalue weighted by Crippen LogP contribution is -1.98. The minimum Gasteiger partial charge on any atom is -0.426 e. The van der Waals surface area contributed by atoms with Crippen LogP contribution < -0.4 is 0 Å². The van der Waals surface area contributed by atoms with Gasteiger partial charge in [0.05, 0.1) is 5.69 Å². The zero-order chi connectivity index (χ0) is 14.1. The molecule has 3 aromatic rings. The van der Waals surface area contributed by atoms with Gasteiger partial charge in [-0.05, 0) is 31.5 Å². The van der Waals surface area contributed by atoms with E-state index in [1.54, 1.807) is 12.4 Å². The van der Waals surface area contributed by atoms with Gasteiger partial charge in [0.1, 0.15) is 5.69 Å². The van der Waals surface area contributed by atoms with Crippen LogP contribution in [0.1, 0.15) is 11.3 Å². The molecular formula is C16H15N3O. The highest BCUT2D eigenvalue weighted by atomic mass is 16.5. The van der Waals surface area contributed by atoms with E-state index in [-0.39, 0.29) is 0 Å². The second-order valence-electron chi connectivity index (χ2n) is 4.74. The fraction of sp³-hybridized carbons (Fsp3) is 0.125. The Labute approximate surface area is 117 Å². The summed E-state index contributed by atoms with van der Waals surface area (Å²) < 4.78 is 1.15. The van der Waals surface area contributed by atoms with Gasteiger partial charge in [-0.2, -0.15) is 4.73 Å². The minimum atomic E-state index is 0.555. The summed E-state index contributed by atoms with van der Waals surface area (Å²) in [5, 5.41) is 10.5. The maximum atomic E-state index is 10.5. The van der Waals surface area contributed by atoms with Gasteiger partial charge in [-0.1, -0.05) is 24.3 Å². The van der Waals surface area contributed by atoms with Crippen LogP contribution in [0.2, 0.25) is 0 Å². The molecule has 0 saturated carbocycles. The molecule has 1 N–H and O–H groups in total. The predicted molar refractivity (Wildman–Crippen MR) is 77.6 cm³/mol. The predicted octanol–water partition coefficient (Wildman–Crippen LogP) is 3.47. The van der Waals surface area contributed by atoms with Crippen LogP contribution in [0, 0.1) is 13.8 Å². The second kappa shape index (κ2) is 4.81. The average Bonchev–Trinajstić information content (AvgIpc) is 2.75. The third-order valence-corrected chi connectivity index (χ3v) is 3.35. The van der Waals surface area contributed by atoms with E-state index < -0.39 is 0 Å². The summed E-state index contributed by atoms with van der Waals surface area (Å²) in [6.07, 6.45) is 3.43. The number of hydrogen-bond donors (Lipinski definition) is 1. The van der Waals surface area contributed by atoms with Crippen molar-refractivity contribution >= 4 is 0 Å². The van der Waals surface area contributed by atoms with Gasteiger partial charge in [-0.15, -0.1) is 0 Å². The highest BCUT2D eigenvalue weighted by molar-refractivity contribution is 5.69. The Balaban J connectivity index is 2.20. The maximum absolute atomic E-state index is 10.5. The number of imidazole rings is 1. The van der Waals surface area contributed by atoms with Gasteiger partial charge in [0.2, 0.25) is 0 Å². The van der Waals surface area contributed by atoms with E-state index in [1.165, 1.54) is 0 Å². The van der Waals surface area contributed by atoms with Crippen LogP contribution in [0.4, 0.5) is 0 Å². The Morgan fingerprint density at radius 2 is 1.85 bits per heavy atom. The average molecular weight is 265 g/mol. The van der Waals surface area contributed by atoms with E-state index in [4.69, 9.17) is 0 Å². The molecule has 3 rings (SSSR count). The second-order valence-corrected chi connectivity index (χ2v) is 4.74. The molecule has 0 unspecified atom stereocenters. The van der Waals surface area contributed by atoms with Crippen LogP contribution in [0.3, 0.4) is 0 Å². The Morgan fingerprint density at radius 1 is 1.05 bits per heavy atom. The Morgan fingerprint density at radius 3 is 2.55 bits per heavy atom. The molecule has 0 spiro atoms. The number of hydrogen-bond acceptors (Lipinski definition) is 3. The Kier molecular flexibility index (Phi) is 2.99. The van der Waals surface area contributed by atoms with Crippen LogP contribution in [-0.2, 0) is 0 Å². The Hall–Kier alpha value is -2.62. The van der Waals surface area contributed by atoms with Gasteiger partial charge in [-0.25, -0.2) is 4.98 Å². The molecule has 0 atom stereocenters. The standard InChI is InChI=1S/C16H15N3O/c1-11-6-3-4-8-14(11)16-18-12(2)15(19(16)20)13-7-5-9-17-10-13/h3-10,20H,1-2H3. The number of nitrogens with zero attached hydrogens (tertiary/aromatic N) is 3. The fourth-order valence-electron chi connectivity index (χ4n) is 2.35. The molecular weight excluding hydrogens is 250 g/mol. The molecule has 0 aliphatic carbocycles. The van der Waals surface area contributed by atoms with E-state index in [0.29, 0.717) is 11.5 Å². The van der Waals surface area contributed by atoms with E-state index in [0.717, 1.165) is 27.1 Å². The van der Waals surface area contributed by atoms with Gasteiger partial charge in [-0.3, -0.25) is 4.98 Å². The van der Waals surface area contributed by atoms with Crippen molar-refractivity contribution in [2.24, 2.45) is 0 Å². The smallest absolute Gasteiger partial charge is 0.176 e. The first kappa shape index (κ1) is 12.4. The van der Waals surface area contributed by atoms with Crippen molar-refractivity contribution in [2.45, 2.75) is 13.8 Å². The van der Waals surface area contributed by atoms with Crippen LogP contribution in [0.5, 0.6) is 0 Å².